The molecule has 1 aliphatic carbocycles. The van der Waals surface area contributed by atoms with Crippen molar-refractivity contribution in [3.8, 4) is 11.8 Å². The van der Waals surface area contributed by atoms with E-state index in [1.165, 1.54) is 34.2 Å². The number of aromatic nitrogens is 5. The molecule has 1 saturated carbocycles. The second-order valence-corrected chi connectivity index (χ2v) is 17.0. The van der Waals surface area contributed by atoms with Crippen LogP contribution in [0, 0.1) is 26.2 Å². The highest BCUT2D eigenvalue weighted by Gasteiger charge is 2.53. The number of hydrogen-bond donors (Lipinski definition) is 1. The van der Waals surface area contributed by atoms with Crippen molar-refractivity contribution in [3.63, 3.8) is 0 Å². The number of nitrogens with zero attached hydrogens (tertiary/aromatic N) is 7. The number of likely N-dealkylation sites (tertiary alicyclic amines) is 1. The molecule has 4 aromatic rings. The summed E-state index contributed by atoms with van der Waals surface area (Å²) in [4.78, 5) is 24.7. The van der Waals surface area contributed by atoms with Crippen LogP contribution in [0.4, 0.5) is 8.78 Å². The second-order valence-electron chi connectivity index (χ2n) is 15.1. The number of hydrogen-bond acceptors (Lipinski definition) is 10. The van der Waals surface area contributed by atoms with Crippen molar-refractivity contribution in [1.82, 2.24) is 33.8 Å². The molecule has 1 spiro atoms. The number of aryl methyl sites for hydroxylation is 3. The molecule has 6 heterocycles. The Morgan fingerprint density at radius 1 is 1.06 bits per heavy atom. The van der Waals surface area contributed by atoms with Crippen LogP contribution >= 0.6 is 0 Å². The number of rotatable bonds is 11. The largest absolute Gasteiger partial charge is 0.481 e. The smallest absolute Gasteiger partial charge is 0.310 e. The molecule has 7 rings (SSSR count). The second kappa shape index (κ2) is 13.9. The summed E-state index contributed by atoms with van der Waals surface area (Å²) in [6, 6.07) is 6.68. The van der Waals surface area contributed by atoms with Gasteiger partial charge in [0.1, 0.15) is 17.1 Å². The summed E-state index contributed by atoms with van der Waals surface area (Å²) < 4.78 is 71.1. The van der Waals surface area contributed by atoms with E-state index in [0.717, 1.165) is 19.6 Å². The number of carboxylic acid groups (broad SMARTS) is 1. The Balaban J connectivity index is 1.22. The highest BCUT2D eigenvalue weighted by Crippen LogP contribution is 2.47. The summed E-state index contributed by atoms with van der Waals surface area (Å²) in [6.45, 7) is 11.7. The van der Waals surface area contributed by atoms with Crippen molar-refractivity contribution in [2.75, 3.05) is 32.8 Å². The maximum absolute atomic E-state index is 14.4. The fraction of sp³-hybridized carbons (Fsp3) is 0.541. The molecular formula is C37H45F2N7O6S. The molecule has 2 aliphatic heterocycles. The van der Waals surface area contributed by atoms with Gasteiger partial charge in [-0.15, -0.1) is 10.2 Å². The fourth-order valence-corrected chi connectivity index (χ4v) is 9.04. The van der Waals surface area contributed by atoms with Gasteiger partial charge in [-0.3, -0.25) is 19.1 Å². The zero-order valence-corrected chi connectivity index (χ0v) is 31.4. The number of carboxylic acids is 1. The molecule has 2 fully saturated rings. The van der Waals surface area contributed by atoms with Gasteiger partial charge in [-0.25, -0.2) is 17.2 Å². The molecule has 3 aliphatic rings. The van der Waals surface area contributed by atoms with Gasteiger partial charge < -0.3 is 14.6 Å². The number of carbonyl (C=O) groups is 1. The minimum absolute atomic E-state index is 0.0274. The normalized spacial score (nSPS) is 19.2. The minimum Gasteiger partial charge on any atom is -0.481 e. The van der Waals surface area contributed by atoms with Crippen LogP contribution in [0.5, 0.6) is 11.8 Å². The van der Waals surface area contributed by atoms with Crippen LogP contribution in [0.15, 0.2) is 35.4 Å². The Morgan fingerprint density at radius 2 is 1.79 bits per heavy atom. The van der Waals surface area contributed by atoms with E-state index in [1.807, 2.05) is 6.92 Å². The number of piperidine rings is 1. The van der Waals surface area contributed by atoms with Crippen LogP contribution in [0.25, 0.3) is 5.65 Å². The Hall–Kier alpha value is -4.28. The van der Waals surface area contributed by atoms with Gasteiger partial charge in [0.2, 0.25) is 27.6 Å². The molecule has 0 amide bonds. The van der Waals surface area contributed by atoms with Crippen LogP contribution in [-0.4, -0.2) is 91.7 Å². The van der Waals surface area contributed by atoms with Gasteiger partial charge in [-0.2, -0.15) is 9.29 Å². The predicted octanol–water partition coefficient (Wildman–Crippen LogP) is 5.61. The molecule has 0 bridgehead atoms. The van der Waals surface area contributed by atoms with Gasteiger partial charge in [0.05, 0.1) is 24.2 Å². The number of fused-ring (bicyclic) bond motifs is 2. The zero-order chi connectivity index (χ0) is 37.9. The first-order valence-electron chi connectivity index (χ1n) is 18.0. The van der Waals surface area contributed by atoms with Crippen LogP contribution < -0.4 is 9.47 Å². The molecule has 0 aromatic carbocycles. The maximum atomic E-state index is 14.4. The predicted molar refractivity (Wildman–Crippen MR) is 190 cm³/mol. The van der Waals surface area contributed by atoms with Crippen molar-refractivity contribution < 1.29 is 36.6 Å². The lowest BCUT2D eigenvalue weighted by atomic mass is 9.72. The number of sulfonamides is 1. The van der Waals surface area contributed by atoms with Crippen molar-refractivity contribution in [1.29, 1.82) is 0 Å². The third kappa shape index (κ3) is 6.96. The molecule has 16 heteroatoms. The van der Waals surface area contributed by atoms with E-state index in [9.17, 15) is 27.1 Å². The lowest BCUT2D eigenvalue weighted by molar-refractivity contribution is -0.147. The standard InChI is InChI=1S/C37H45F2N7O6S/c1-22-9-10-26(29(36(4,5)35(47)48)25-11-16-46-31(24(25)3)42-43-32(46)30(38)39)40-27(22)20-45-21-37(12-13-37)52-34-28(53(45,49)50)19-23(2)33(41-34)51-18-17-44-14-7-6-8-15-44/h9-11,16,19,29-30H,6-8,12-15,17-18,20-21H2,1-5H3,(H,47,48)/t29-/m1/s1. The molecule has 1 N–H and O–H groups in total. The fourth-order valence-electron chi connectivity index (χ4n) is 7.43. The topological polar surface area (TPSA) is 152 Å². The Kier molecular flexibility index (Phi) is 9.68. The van der Waals surface area contributed by atoms with Gasteiger partial charge in [0.25, 0.3) is 6.43 Å². The molecule has 4 aromatic heterocycles. The molecule has 1 saturated heterocycles. The summed E-state index contributed by atoms with van der Waals surface area (Å²) in [5.74, 6) is -2.10. The minimum atomic E-state index is -4.14. The number of halogens is 2. The number of pyridine rings is 3. The van der Waals surface area contributed by atoms with E-state index in [0.29, 0.717) is 59.0 Å². The SMILES string of the molecule is Cc1ccc([C@@H](c2ccn3c(C(F)F)nnc3c2C)C(C)(C)C(=O)O)nc1CN1CC2(CC2)Oc2nc(OCCN3CCCCC3)c(C)cc2S1(=O)=O. The summed E-state index contributed by atoms with van der Waals surface area (Å²) in [7, 11) is -4.14. The third-order valence-electron chi connectivity index (χ3n) is 10.9. The van der Waals surface area contributed by atoms with Crippen molar-refractivity contribution >= 4 is 21.6 Å². The van der Waals surface area contributed by atoms with Gasteiger partial charge >= 0.3 is 5.97 Å². The van der Waals surface area contributed by atoms with Crippen molar-refractivity contribution in [2.24, 2.45) is 5.41 Å². The lowest BCUT2D eigenvalue weighted by Crippen LogP contribution is -2.38. The summed E-state index contributed by atoms with van der Waals surface area (Å²) in [6.07, 6.45) is 3.45. The third-order valence-corrected chi connectivity index (χ3v) is 12.7. The number of aliphatic carboxylic acids is 1. The van der Waals surface area contributed by atoms with Crippen molar-refractivity contribution in [2.45, 2.75) is 96.1 Å². The molecule has 0 unspecified atom stereocenters. The lowest BCUT2D eigenvalue weighted by Gasteiger charge is -2.32. The van der Waals surface area contributed by atoms with Gasteiger partial charge in [-0.05, 0) is 108 Å². The maximum Gasteiger partial charge on any atom is 0.310 e. The molecule has 1 atom stereocenters. The number of alkyl halides is 2. The van der Waals surface area contributed by atoms with E-state index in [1.54, 1.807) is 52.0 Å². The summed E-state index contributed by atoms with van der Waals surface area (Å²) in [5, 5.41) is 18.1. The Morgan fingerprint density at radius 3 is 2.47 bits per heavy atom. The Bertz CT molecular complexity index is 2170. The van der Waals surface area contributed by atoms with Gasteiger partial charge in [-0.1, -0.05) is 12.5 Å². The van der Waals surface area contributed by atoms with Crippen LogP contribution in [-0.2, 0) is 21.4 Å². The van der Waals surface area contributed by atoms with Crippen molar-refractivity contribution in [3.05, 3.63) is 69.9 Å². The first-order valence-corrected chi connectivity index (χ1v) is 19.4. The van der Waals surface area contributed by atoms with E-state index in [2.05, 4.69) is 20.1 Å². The average Bonchev–Trinajstić information content (AvgIpc) is 3.73. The van der Waals surface area contributed by atoms with E-state index < -0.39 is 45.2 Å². The first-order chi connectivity index (χ1) is 25.1. The zero-order valence-electron chi connectivity index (χ0n) is 30.6. The van der Waals surface area contributed by atoms with E-state index in [-0.39, 0.29) is 29.5 Å². The van der Waals surface area contributed by atoms with Crippen LogP contribution in [0.1, 0.15) is 97.8 Å². The monoisotopic (exact) mass is 753 g/mol. The van der Waals surface area contributed by atoms with E-state index >= 15 is 0 Å². The quantitative estimate of drug-likeness (QED) is 0.204. The average molecular weight is 754 g/mol. The van der Waals surface area contributed by atoms with E-state index in [4.69, 9.17) is 14.5 Å². The van der Waals surface area contributed by atoms with Gasteiger partial charge in [0, 0.05) is 29.9 Å². The molecule has 0 radical (unpaired) electrons. The Labute approximate surface area is 307 Å². The first kappa shape index (κ1) is 37.1. The van der Waals surface area contributed by atoms with Crippen LogP contribution in [0.3, 0.4) is 0 Å². The summed E-state index contributed by atoms with van der Waals surface area (Å²) in [5.41, 5.74) is 1.14. The van der Waals surface area contributed by atoms with Gasteiger partial charge in [0.15, 0.2) is 5.65 Å². The summed E-state index contributed by atoms with van der Waals surface area (Å²) >= 11 is 0. The molecule has 284 valence electrons. The molecule has 13 nitrogen and oxygen atoms in total. The van der Waals surface area contributed by atoms with Crippen LogP contribution in [0.2, 0.25) is 0 Å². The molecular weight excluding hydrogens is 709 g/mol. The number of ether oxygens (including phenoxy) is 2. The molecule has 53 heavy (non-hydrogen) atoms. The highest BCUT2D eigenvalue weighted by atomic mass is 32.2. The highest BCUT2D eigenvalue weighted by molar-refractivity contribution is 7.89.